The SMILES string of the molecule is CC1CC(C)CN(c2ccc(N)c(N)n2)C1. The summed E-state index contributed by atoms with van der Waals surface area (Å²) in [5, 5.41) is 0. The van der Waals surface area contributed by atoms with Crippen LogP contribution < -0.4 is 16.4 Å². The Kier molecular flexibility index (Phi) is 2.90. The summed E-state index contributed by atoms with van der Waals surface area (Å²) in [4.78, 5) is 6.64. The van der Waals surface area contributed by atoms with E-state index in [9.17, 15) is 0 Å². The maximum Gasteiger partial charge on any atom is 0.149 e. The number of rotatable bonds is 1. The molecule has 2 heterocycles. The van der Waals surface area contributed by atoms with E-state index >= 15 is 0 Å². The zero-order chi connectivity index (χ0) is 11.7. The van der Waals surface area contributed by atoms with Gasteiger partial charge in [0.05, 0.1) is 5.69 Å². The molecule has 2 rings (SSSR count). The minimum Gasteiger partial charge on any atom is -0.396 e. The van der Waals surface area contributed by atoms with Gasteiger partial charge in [0.2, 0.25) is 0 Å². The molecule has 0 amide bonds. The highest BCUT2D eigenvalue weighted by Gasteiger charge is 2.22. The molecule has 0 saturated carbocycles. The Morgan fingerprint density at radius 1 is 1.19 bits per heavy atom. The molecule has 1 aromatic heterocycles. The lowest BCUT2D eigenvalue weighted by Gasteiger charge is -2.35. The first-order valence-corrected chi connectivity index (χ1v) is 5.83. The molecule has 1 aromatic rings. The molecule has 4 heteroatoms. The fourth-order valence-electron chi connectivity index (χ4n) is 2.50. The first-order valence-electron chi connectivity index (χ1n) is 5.83. The van der Waals surface area contributed by atoms with E-state index < -0.39 is 0 Å². The van der Waals surface area contributed by atoms with Gasteiger partial charge in [-0.25, -0.2) is 4.98 Å². The van der Waals surface area contributed by atoms with E-state index in [-0.39, 0.29) is 0 Å². The van der Waals surface area contributed by atoms with Crippen molar-refractivity contribution in [3.8, 4) is 0 Å². The number of hydrogen-bond acceptors (Lipinski definition) is 4. The molecule has 0 aliphatic carbocycles. The smallest absolute Gasteiger partial charge is 0.149 e. The second-order valence-corrected chi connectivity index (χ2v) is 4.99. The van der Waals surface area contributed by atoms with Crippen molar-refractivity contribution in [1.82, 2.24) is 4.98 Å². The summed E-state index contributed by atoms with van der Waals surface area (Å²) >= 11 is 0. The molecular weight excluding hydrogens is 200 g/mol. The third-order valence-corrected chi connectivity index (χ3v) is 3.14. The summed E-state index contributed by atoms with van der Waals surface area (Å²) in [6, 6.07) is 3.79. The van der Waals surface area contributed by atoms with Gasteiger partial charge in [-0.15, -0.1) is 0 Å². The Morgan fingerprint density at radius 2 is 1.81 bits per heavy atom. The van der Waals surface area contributed by atoms with E-state index in [1.807, 2.05) is 12.1 Å². The standard InChI is InChI=1S/C12H20N4/c1-8-5-9(2)7-16(6-8)11-4-3-10(13)12(14)15-11/h3-4,8-9H,5-7,13H2,1-2H3,(H2,14,15). The van der Waals surface area contributed by atoms with Crippen LogP contribution in [0.5, 0.6) is 0 Å². The van der Waals surface area contributed by atoms with E-state index in [2.05, 4.69) is 23.7 Å². The molecule has 0 bridgehead atoms. The molecular formula is C12H20N4. The summed E-state index contributed by atoms with van der Waals surface area (Å²) < 4.78 is 0. The number of pyridine rings is 1. The van der Waals surface area contributed by atoms with E-state index in [4.69, 9.17) is 11.5 Å². The Balaban J connectivity index is 2.19. The Morgan fingerprint density at radius 3 is 2.38 bits per heavy atom. The highest BCUT2D eigenvalue weighted by molar-refractivity contribution is 5.62. The van der Waals surface area contributed by atoms with Gasteiger partial charge in [0.1, 0.15) is 11.6 Å². The second-order valence-electron chi connectivity index (χ2n) is 4.99. The Bertz CT molecular complexity index is 367. The summed E-state index contributed by atoms with van der Waals surface area (Å²) in [6.07, 6.45) is 1.29. The first-order chi connectivity index (χ1) is 7.56. The van der Waals surface area contributed by atoms with Crippen LogP contribution in [0.15, 0.2) is 12.1 Å². The van der Waals surface area contributed by atoms with Gasteiger partial charge in [0.25, 0.3) is 0 Å². The van der Waals surface area contributed by atoms with Crippen molar-refractivity contribution in [1.29, 1.82) is 0 Å². The lowest BCUT2D eigenvalue weighted by molar-refractivity contribution is 0.355. The summed E-state index contributed by atoms with van der Waals surface area (Å²) in [6.45, 7) is 6.67. The zero-order valence-electron chi connectivity index (χ0n) is 9.98. The van der Waals surface area contributed by atoms with E-state index in [0.717, 1.165) is 18.9 Å². The molecule has 2 unspecified atom stereocenters. The third-order valence-electron chi connectivity index (χ3n) is 3.14. The molecule has 0 spiro atoms. The normalized spacial score (nSPS) is 25.8. The van der Waals surface area contributed by atoms with Crippen LogP contribution in [0.1, 0.15) is 20.3 Å². The van der Waals surface area contributed by atoms with Gasteiger partial charge in [-0.2, -0.15) is 0 Å². The van der Waals surface area contributed by atoms with Crippen LogP contribution in [-0.4, -0.2) is 18.1 Å². The molecule has 4 N–H and O–H groups in total. The summed E-state index contributed by atoms with van der Waals surface area (Å²) in [5.41, 5.74) is 12.0. The molecule has 0 radical (unpaired) electrons. The van der Waals surface area contributed by atoms with Gasteiger partial charge >= 0.3 is 0 Å². The highest BCUT2D eigenvalue weighted by Crippen LogP contribution is 2.26. The van der Waals surface area contributed by atoms with Crippen molar-refractivity contribution < 1.29 is 0 Å². The Hall–Kier alpha value is -1.45. The number of nitrogens with two attached hydrogens (primary N) is 2. The number of nitrogens with zero attached hydrogens (tertiary/aromatic N) is 2. The van der Waals surface area contributed by atoms with Crippen LogP contribution in [0.3, 0.4) is 0 Å². The molecule has 1 fully saturated rings. The number of piperidine rings is 1. The number of anilines is 3. The number of hydrogen-bond donors (Lipinski definition) is 2. The number of nitrogen functional groups attached to an aromatic ring is 2. The second kappa shape index (κ2) is 4.20. The minimum atomic E-state index is 0.434. The van der Waals surface area contributed by atoms with Crippen LogP contribution in [0.25, 0.3) is 0 Å². The van der Waals surface area contributed by atoms with Crippen LogP contribution in [-0.2, 0) is 0 Å². The van der Waals surface area contributed by atoms with Crippen molar-refractivity contribution >= 4 is 17.3 Å². The maximum atomic E-state index is 5.73. The molecule has 88 valence electrons. The average Bonchev–Trinajstić information content (AvgIpc) is 2.20. The van der Waals surface area contributed by atoms with Gasteiger partial charge in [0, 0.05) is 13.1 Å². The predicted molar refractivity (Wildman–Crippen MR) is 68.2 cm³/mol. The van der Waals surface area contributed by atoms with Gasteiger partial charge in [-0.3, -0.25) is 0 Å². The van der Waals surface area contributed by atoms with Crippen LogP contribution >= 0.6 is 0 Å². The molecule has 1 aliphatic heterocycles. The van der Waals surface area contributed by atoms with Gasteiger partial charge in [0.15, 0.2) is 0 Å². The third kappa shape index (κ3) is 2.21. The van der Waals surface area contributed by atoms with Crippen molar-refractivity contribution in [2.75, 3.05) is 29.5 Å². The fourth-order valence-corrected chi connectivity index (χ4v) is 2.50. The monoisotopic (exact) mass is 220 g/mol. The van der Waals surface area contributed by atoms with E-state index in [1.54, 1.807) is 0 Å². The Labute approximate surface area is 96.6 Å². The van der Waals surface area contributed by atoms with Gasteiger partial charge in [-0.05, 0) is 30.4 Å². The zero-order valence-corrected chi connectivity index (χ0v) is 9.98. The summed E-state index contributed by atoms with van der Waals surface area (Å²) in [7, 11) is 0. The lowest BCUT2D eigenvalue weighted by Crippen LogP contribution is -2.39. The predicted octanol–water partition coefficient (Wildman–Crippen LogP) is 1.73. The molecule has 1 saturated heterocycles. The van der Waals surface area contributed by atoms with Gasteiger partial charge < -0.3 is 16.4 Å². The quantitative estimate of drug-likeness (QED) is 0.756. The minimum absolute atomic E-state index is 0.434. The first kappa shape index (κ1) is 11.0. The molecule has 4 nitrogen and oxygen atoms in total. The fraction of sp³-hybridized carbons (Fsp3) is 0.583. The number of aromatic nitrogens is 1. The van der Waals surface area contributed by atoms with E-state index in [1.165, 1.54) is 6.42 Å². The molecule has 16 heavy (non-hydrogen) atoms. The molecule has 1 aliphatic rings. The van der Waals surface area contributed by atoms with Crippen molar-refractivity contribution in [3.05, 3.63) is 12.1 Å². The highest BCUT2D eigenvalue weighted by atomic mass is 15.2. The summed E-state index contributed by atoms with van der Waals surface area (Å²) in [5.74, 6) is 2.81. The molecule has 2 atom stereocenters. The van der Waals surface area contributed by atoms with E-state index in [0.29, 0.717) is 23.3 Å². The van der Waals surface area contributed by atoms with Crippen molar-refractivity contribution in [3.63, 3.8) is 0 Å². The largest absolute Gasteiger partial charge is 0.396 e. The topological polar surface area (TPSA) is 68.2 Å². The van der Waals surface area contributed by atoms with Crippen molar-refractivity contribution in [2.24, 2.45) is 11.8 Å². The lowest BCUT2D eigenvalue weighted by atomic mass is 9.92. The molecule has 0 aromatic carbocycles. The van der Waals surface area contributed by atoms with Crippen molar-refractivity contribution in [2.45, 2.75) is 20.3 Å². The average molecular weight is 220 g/mol. The van der Waals surface area contributed by atoms with Crippen LogP contribution in [0.4, 0.5) is 17.3 Å². The van der Waals surface area contributed by atoms with Gasteiger partial charge in [-0.1, -0.05) is 13.8 Å². The van der Waals surface area contributed by atoms with Crippen LogP contribution in [0.2, 0.25) is 0 Å². The van der Waals surface area contributed by atoms with Crippen LogP contribution in [0, 0.1) is 11.8 Å². The maximum absolute atomic E-state index is 5.73.